The fourth-order valence-corrected chi connectivity index (χ4v) is 4.98. The number of nitriles is 1. The third kappa shape index (κ3) is 7.37. The first-order valence-electron chi connectivity index (χ1n) is 12.2. The van der Waals surface area contributed by atoms with E-state index in [9.17, 15) is 0 Å². The number of nitrogens with zero attached hydrogens (tertiary/aromatic N) is 4. The predicted molar refractivity (Wildman–Crippen MR) is 147 cm³/mol. The first kappa shape index (κ1) is 29.0. The molecular formula is C29H38N4O2Si. The van der Waals surface area contributed by atoms with E-state index in [4.69, 9.17) is 20.7 Å². The maximum atomic E-state index is 8.56. The van der Waals surface area contributed by atoms with Gasteiger partial charge in [-0.15, -0.1) is 10.2 Å². The SMILES string of the molecule is N#Cc1ccc(-c2nnco2)cc1.[C-]#[N+]c1ccc(C[C@@H](C)[C@H](C)O[Si](C)(C)C(C)(C)C)c(C)c1C. The minimum atomic E-state index is -1.73. The molecule has 0 aliphatic rings. The summed E-state index contributed by atoms with van der Waals surface area (Å²) in [4.78, 5) is 3.59. The van der Waals surface area contributed by atoms with Gasteiger partial charge < -0.3 is 8.84 Å². The topological polar surface area (TPSA) is 76.3 Å². The lowest BCUT2D eigenvalue weighted by Gasteiger charge is -2.40. The van der Waals surface area contributed by atoms with Crippen LogP contribution in [0.4, 0.5) is 5.69 Å². The van der Waals surface area contributed by atoms with E-state index in [2.05, 4.69) is 75.7 Å². The molecule has 0 fully saturated rings. The first-order chi connectivity index (χ1) is 16.8. The van der Waals surface area contributed by atoms with Gasteiger partial charge >= 0.3 is 0 Å². The molecule has 0 saturated heterocycles. The lowest BCUT2D eigenvalue weighted by Crippen LogP contribution is -2.44. The van der Waals surface area contributed by atoms with E-state index in [-0.39, 0.29) is 11.1 Å². The van der Waals surface area contributed by atoms with Crippen LogP contribution in [0.3, 0.4) is 0 Å². The standard InChI is InChI=1S/C20H33NOSi.C9H5N3O/c1-14(17(4)22-23(9,10)20(5,6)7)13-18-11-12-19(21-8)16(3)15(18)2;10-5-7-1-3-8(4-2-7)9-12-11-6-13-9/h11-12,14,17H,13H2,1-7,9-10H3;1-4,6H/t14-,17+;/m1./s1. The molecule has 0 unspecified atom stereocenters. The molecule has 2 aromatic carbocycles. The van der Waals surface area contributed by atoms with Crippen LogP contribution >= 0.6 is 0 Å². The molecule has 3 rings (SSSR count). The predicted octanol–water partition coefficient (Wildman–Crippen LogP) is 8.05. The molecular weight excluding hydrogens is 464 g/mol. The highest BCUT2D eigenvalue weighted by Gasteiger charge is 2.39. The van der Waals surface area contributed by atoms with Crippen LogP contribution in [0.15, 0.2) is 47.2 Å². The molecule has 0 saturated carbocycles. The van der Waals surface area contributed by atoms with E-state index in [1.165, 1.54) is 17.5 Å². The van der Waals surface area contributed by atoms with E-state index < -0.39 is 8.32 Å². The summed E-state index contributed by atoms with van der Waals surface area (Å²) >= 11 is 0. The Balaban J connectivity index is 0.000000293. The Bertz CT molecular complexity index is 1210. The molecule has 0 spiro atoms. The maximum Gasteiger partial charge on any atom is 0.247 e. The number of rotatable bonds is 6. The van der Waals surface area contributed by atoms with Gasteiger partial charge in [0.2, 0.25) is 12.3 Å². The van der Waals surface area contributed by atoms with Crippen LogP contribution in [0.5, 0.6) is 0 Å². The molecule has 0 aliphatic heterocycles. The summed E-state index contributed by atoms with van der Waals surface area (Å²) in [6, 6.07) is 13.1. The minimum Gasteiger partial charge on any atom is -0.423 e. The van der Waals surface area contributed by atoms with Crippen LogP contribution in [0, 0.1) is 37.7 Å². The van der Waals surface area contributed by atoms with Gasteiger partial charge in [-0.1, -0.05) is 45.4 Å². The quantitative estimate of drug-likeness (QED) is 0.252. The van der Waals surface area contributed by atoms with Crippen LogP contribution in [0.2, 0.25) is 18.1 Å². The lowest BCUT2D eigenvalue weighted by molar-refractivity contribution is 0.142. The second-order valence-electron chi connectivity index (χ2n) is 10.8. The average Bonchev–Trinajstić information content (AvgIpc) is 3.37. The van der Waals surface area contributed by atoms with E-state index in [1.807, 2.05) is 19.1 Å². The van der Waals surface area contributed by atoms with Crippen molar-refractivity contribution in [1.29, 1.82) is 5.26 Å². The Morgan fingerprint density at radius 1 is 1.08 bits per heavy atom. The Hall–Kier alpha value is -3.26. The van der Waals surface area contributed by atoms with Crippen LogP contribution < -0.4 is 0 Å². The Morgan fingerprint density at radius 3 is 2.22 bits per heavy atom. The van der Waals surface area contributed by atoms with Gasteiger partial charge in [0.15, 0.2) is 14.0 Å². The first-order valence-corrected chi connectivity index (χ1v) is 15.1. The second-order valence-corrected chi connectivity index (χ2v) is 15.6. The van der Waals surface area contributed by atoms with Crippen LogP contribution in [-0.2, 0) is 10.8 Å². The summed E-state index contributed by atoms with van der Waals surface area (Å²) in [7, 11) is -1.73. The summed E-state index contributed by atoms with van der Waals surface area (Å²) in [6.07, 6.45) is 2.52. The maximum absolute atomic E-state index is 8.56. The molecule has 0 radical (unpaired) electrons. The molecule has 0 bridgehead atoms. The van der Waals surface area contributed by atoms with Crippen molar-refractivity contribution in [2.75, 3.05) is 0 Å². The van der Waals surface area contributed by atoms with Crippen LogP contribution in [0.1, 0.15) is 56.9 Å². The van der Waals surface area contributed by atoms with Crippen molar-refractivity contribution in [3.8, 4) is 17.5 Å². The molecule has 36 heavy (non-hydrogen) atoms. The molecule has 1 heterocycles. The van der Waals surface area contributed by atoms with Gasteiger partial charge in [-0.25, -0.2) is 4.85 Å². The summed E-state index contributed by atoms with van der Waals surface area (Å²) in [5, 5.41) is 16.1. The van der Waals surface area contributed by atoms with Crippen molar-refractivity contribution in [2.24, 2.45) is 5.92 Å². The third-order valence-electron chi connectivity index (χ3n) is 7.24. The molecule has 6 nitrogen and oxygen atoms in total. The Kier molecular flexibility index (Phi) is 9.75. The fourth-order valence-electron chi connectivity index (χ4n) is 3.46. The fraction of sp³-hybridized carbons (Fsp3) is 0.448. The Labute approximate surface area is 217 Å². The molecule has 190 valence electrons. The van der Waals surface area contributed by atoms with E-state index in [0.717, 1.165) is 23.2 Å². The summed E-state index contributed by atoms with van der Waals surface area (Å²) in [5.74, 6) is 0.922. The molecule has 0 N–H and O–H groups in total. The van der Waals surface area contributed by atoms with Gasteiger partial charge in [0, 0.05) is 11.7 Å². The van der Waals surface area contributed by atoms with E-state index in [0.29, 0.717) is 17.4 Å². The Morgan fingerprint density at radius 2 is 1.72 bits per heavy atom. The van der Waals surface area contributed by atoms with Crippen molar-refractivity contribution in [3.05, 3.63) is 76.5 Å². The van der Waals surface area contributed by atoms with Gasteiger partial charge in [-0.05, 0) is 86.6 Å². The monoisotopic (exact) mass is 502 g/mol. The van der Waals surface area contributed by atoms with E-state index >= 15 is 0 Å². The normalized spacial score (nSPS) is 13.1. The van der Waals surface area contributed by atoms with Crippen molar-refractivity contribution in [1.82, 2.24) is 10.2 Å². The van der Waals surface area contributed by atoms with Crippen LogP contribution in [0.25, 0.3) is 16.3 Å². The highest BCUT2D eigenvalue weighted by molar-refractivity contribution is 6.74. The van der Waals surface area contributed by atoms with Crippen LogP contribution in [-0.4, -0.2) is 24.6 Å². The highest BCUT2D eigenvalue weighted by Crippen LogP contribution is 2.38. The van der Waals surface area contributed by atoms with Gasteiger partial charge in [-0.3, -0.25) is 0 Å². The number of hydrogen-bond donors (Lipinski definition) is 0. The molecule has 2 atom stereocenters. The number of aromatic nitrogens is 2. The molecule has 7 heteroatoms. The highest BCUT2D eigenvalue weighted by atomic mass is 28.4. The molecule has 1 aromatic heterocycles. The third-order valence-corrected chi connectivity index (χ3v) is 11.8. The van der Waals surface area contributed by atoms with Gasteiger partial charge in [0.1, 0.15) is 0 Å². The second kappa shape index (κ2) is 12.1. The zero-order chi connectivity index (χ0) is 27.1. The minimum absolute atomic E-state index is 0.241. The van der Waals surface area contributed by atoms with Gasteiger partial charge in [0.25, 0.3) is 0 Å². The van der Waals surface area contributed by atoms with Gasteiger partial charge in [-0.2, -0.15) is 5.26 Å². The smallest absolute Gasteiger partial charge is 0.247 e. The average molecular weight is 503 g/mol. The molecule has 0 amide bonds. The van der Waals surface area contributed by atoms with Crippen molar-refractivity contribution in [2.45, 2.75) is 79.1 Å². The van der Waals surface area contributed by atoms with Crippen molar-refractivity contribution in [3.63, 3.8) is 0 Å². The van der Waals surface area contributed by atoms with E-state index in [1.54, 1.807) is 24.3 Å². The van der Waals surface area contributed by atoms with Crippen molar-refractivity contribution < 1.29 is 8.84 Å². The largest absolute Gasteiger partial charge is 0.423 e. The number of hydrogen-bond acceptors (Lipinski definition) is 5. The molecule has 0 aliphatic carbocycles. The zero-order valence-corrected chi connectivity index (χ0v) is 24.0. The lowest BCUT2D eigenvalue weighted by atomic mass is 9.92. The number of benzene rings is 2. The summed E-state index contributed by atoms with van der Waals surface area (Å²) in [6.45, 7) is 27.4. The summed E-state index contributed by atoms with van der Waals surface area (Å²) in [5.41, 5.74) is 5.91. The van der Waals surface area contributed by atoms with Gasteiger partial charge in [0.05, 0.1) is 18.2 Å². The zero-order valence-electron chi connectivity index (χ0n) is 23.0. The van der Waals surface area contributed by atoms with Crippen molar-refractivity contribution >= 4 is 14.0 Å². The summed E-state index contributed by atoms with van der Waals surface area (Å²) < 4.78 is 11.5. The molecule has 3 aromatic rings.